The van der Waals surface area contributed by atoms with E-state index in [1.54, 1.807) is 30.3 Å². The molecule has 0 spiro atoms. The number of carbonyl (C=O) groups excluding carboxylic acids is 1. The van der Waals surface area contributed by atoms with E-state index >= 15 is 0 Å². The van der Waals surface area contributed by atoms with Crippen molar-refractivity contribution < 1.29 is 14.3 Å². The van der Waals surface area contributed by atoms with Gasteiger partial charge in [0.05, 0.1) is 33.8 Å². The fourth-order valence-corrected chi connectivity index (χ4v) is 3.68. The van der Waals surface area contributed by atoms with E-state index in [1.807, 2.05) is 24.3 Å². The Hall–Kier alpha value is -2.69. The minimum atomic E-state index is -0.419. The van der Waals surface area contributed by atoms with Crippen molar-refractivity contribution in [1.82, 2.24) is 0 Å². The van der Waals surface area contributed by atoms with Crippen LogP contribution in [0.25, 0.3) is 11.6 Å². The fraction of sp³-hybridized carbons (Fsp3) is 0.0833. The number of carbonyl (C=O) groups is 1. The topological polar surface area (TPSA) is 71.3 Å². The summed E-state index contributed by atoms with van der Waals surface area (Å²) in [5.74, 6) is 0.115. The lowest BCUT2D eigenvalue weighted by atomic mass is 10.0. The Morgan fingerprint density at radius 2 is 1.79 bits per heavy atom. The normalized spacial score (nSPS) is 11.0. The maximum atomic E-state index is 12.3. The second kappa shape index (κ2) is 11.4. The summed E-state index contributed by atoms with van der Waals surface area (Å²) in [6.07, 6.45) is 1.69. The summed E-state index contributed by atoms with van der Waals surface area (Å²) in [5, 5.41) is 13.2. The molecule has 33 heavy (non-hydrogen) atoms. The lowest BCUT2D eigenvalue weighted by Gasteiger charge is -2.14. The smallest absolute Gasteiger partial charge is 0.262 e. The molecule has 0 saturated carbocycles. The zero-order chi connectivity index (χ0) is 24.0. The summed E-state index contributed by atoms with van der Waals surface area (Å²) >= 11 is 21.6. The lowest BCUT2D eigenvalue weighted by molar-refractivity contribution is -0.118. The van der Waals surface area contributed by atoms with Crippen molar-refractivity contribution in [3.63, 3.8) is 0 Å². The van der Waals surface area contributed by atoms with Crippen molar-refractivity contribution in [2.45, 2.75) is 0 Å². The molecule has 0 aromatic heterocycles. The minimum Gasteiger partial charge on any atom is -0.493 e. The number of nitrogens with one attached hydrogen (secondary N) is 1. The highest BCUT2D eigenvalue weighted by atomic mass is 79.9. The van der Waals surface area contributed by atoms with E-state index in [2.05, 4.69) is 27.3 Å². The summed E-state index contributed by atoms with van der Waals surface area (Å²) in [5.41, 5.74) is 2.34. The van der Waals surface area contributed by atoms with Gasteiger partial charge in [-0.15, -0.1) is 0 Å². The number of nitrogens with zero attached hydrogens (tertiary/aromatic N) is 1. The number of amides is 1. The molecule has 0 bridgehead atoms. The number of halogens is 4. The molecule has 0 heterocycles. The molecule has 5 nitrogen and oxygen atoms in total. The third-order valence-corrected chi connectivity index (χ3v) is 5.94. The highest BCUT2D eigenvalue weighted by Crippen LogP contribution is 2.37. The lowest BCUT2D eigenvalue weighted by Crippen LogP contribution is -2.20. The Bertz CT molecular complexity index is 1260. The molecule has 1 N–H and O–H groups in total. The molecule has 0 aliphatic heterocycles. The number of hydrogen-bond acceptors (Lipinski definition) is 4. The van der Waals surface area contributed by atoms with Gasteiger partial charge in [-0.3, -0.25) is 4.79 Å². The maximum Gasteiger partial charge on any atom is 0.262 e. The van der Waals surface area contributed by atoms with Gasteiger partial charge in [-0.1, -0.05) is 62.9 Å². The van der Waals surface area contributed by atoms with Crippen LogP contribution in [0.2, 0.25) is 15.1 Å². The van der Waals surface area contributed by atoms with Crippen molar-refractivity contribution in [2.24, 2.45) is 0 Å². The van der Waals surface area contributed by atoms with E-state index in [4.69, 9.17) is 44.3 Å². The zero-order valence-electron chi connectivity index (χ0n) is 17.2. The molecule has 0 fully saturated rings. The average molecular weight is 567 g/mol. The molecule has 3 aromatic carbocycles. The number of methoxy groups -OCH3 is 1. The molecule has 0 aliphatic rings. The van der Waals surface area contributed by atoms with Gasteiger partial charge < -0.3 is 14.8 Å². The fourth-order valence-electron chi connectivity index (χ4n) is 2.85. The summed E-state index contributed by atoms with van der Waals surface area (Å²) < 4.78 is 11.9. The number of rotatable bonds is 7. The highest BCUT2D eigenvalue weighted by Gasteiger charge is 2.14. The van der Waals surface area contributed by atoms with Crippen LogP contribution in [0.15, 0.2) is 59.1 Å². The van der Waals surface area contributed by atoms with Crippen LogP contribution < -0.4 is 14.8 Å². The standard InChI is InChI=1S/C24H16BrCl3N2O3/c1-32-22-10-14(8-16(12-29)15-2-4-17(25)5-3-15)9-21(28)24(22)33-13-23(31)30-18-6-7-19(26)20(27)11-18/h2-11H,13H2,1H3,(H,30,31)/b16-8+. The van der Waals surface area contributed by atoms with Crippen LogP contribution in [0.4, 0.5) is 5.69 Å². The predicted molar refractivity (Wildman–Crippen MR) is 136 cm³/mol. The molecule has 0 unspecified atom stereocenters. The molecule has 1 amide bonds. The molecule has 0 atom stereocenters. The van der Waals surface area contributed by atoms with Crippen LogP contribution in [-0.2, 0) is 4.79 Å². The maximum absolute atomic E-state index is 12.3. The van der Waals surface area contributed by atoms with Crippen LogP contribution in [0.3, 0.4) is 0 Å². The van der Waals surface area contributed by atoms with Crippen molar-refractivity contribution >= 4 is 74.0 Å². The number of nitriles is 1. The second-order valence-electron chi connectivity index (χ2n) is 6.68. The van der Waals surface area contributed by atoms with Crippen LogP contribution in [-0.4, -0.2) is 19.6 Å². The van der Waals surface area contributed by atoms with Crippen LogP contribution in [0.1, 0.15) is 11.1 Å². The zero-order valence-corrected chi connectivity index (χ0v) is 21.0. The van der Waals surface area contributed by atoms with Gasteiger partial charge in [0.1, 0.15) is 0 Å². The van der Waals surface area contributed by atoms with Crippen LogP contribution in [0.5, 0.6) is 11.5 Å². The number of hydrogen-bond donors (Lipinski definition) is 1. The van der Waals surface area contributed by atoms with E-state index in [0.29, 0.717) is 32.6 Å². The van der Waals surface area contributed by atoms with E-state index in [1.165, 1.54) is 13.2 Å². The van der Waals surface area contributed by atoms with Gasteiger partial charge in [0.2, 0.25) is 0 Å². The third kappa shape index (κ3) is 6.66. The van der Waals surface area contributed by atoms with Crippen molar-refractivity contribution in [1.29, 1.82) is 5.26 Å². The van der Waals surface area contributed by atoms with Gasteiger partial charge >= 0.3 is 0 Å². The van der Waals surface area contributed by atoms with E-state index in [-0.39, 0.29) is 17.4 Å². The van der Waals surface area contributed by atoms with Crippen molar-refractivity contribution in [3.8, 4) is 17.6 Å². The Morgan fingerprint density at radius 3 is 2.42 bits per heavy atom. The van der Waals surface area contributed by atoms with Gasteiger partial charge in [-0.05, 0) is 59.7 Å². The summed E-state index contributed by atoms with van der Waals surface area (Å²) in [7, 11) is 1.46. The Labute approximate surface area is 214 Å². The first-order valence-electron chi connectivity index (χ1n) is 9.43. The summed E-state index contributed by atoms with van der Waals surface area (Å²) in [6.45, 7) is -0.312. The Morgan fingerprint density at radius 1 is 1.06 bits per heavy atom. The van der Waals surface area contributed by atoms with Crippen LogP contribution in [0, 0.1) is 11.3 Å². The summed E-state index contributed by atoms with van der Waals surface area (Å²) in [4.78, 5) is 12.3. The molecule has 0 aliphatic carbocycles. The first-order valence-corrected chi connectivity index (χ1v) is 11.4. The van der Waals surface area contributed by atoms with Gasteiger partial charge in [-0.25, -0.2) is 0 Å². The van der Waals surface area contributed by atoms with Crippen molar-refractivity contribution in [3.05, 3.63) is 85.3 Å². The van der Waals surface area contributed by atoms with Gasteiger partial charge in [0.15, 0.2) is 18.1 Å². The van der Waals surface area contributed by atoms with Gasteiger partial charge in [-0.2, -0.15) is 5.26 Å². The first kappa shape index (κ1) is 24.9. The molecular weight excluding hydrogens is 551 g/mol. The van der Waals surface area contributed by atoms with E-state index in [9.17, 15) is 10.1 Å². The molecule has 0 radical (unpaired) electrons. The molecule has 3 rings (SSSR count). The van der Waals surface area contributed by atoms with Gasteiger partial charge in [0.25, 0.3) is 5.91 Å². The molecule has 0 saturated heterocycles. The summed E-state index contributed by atoms with van der Waals surface area (Å²) in [6, 6.07) is 17.6. The second-order valence-corrected chi connectivity index (χ2v) is 8.81. The number of allylic oxidation sites excluding steroid dienone is 1. The largest absolute Gasteiger partial charge is 0.493 e. The van der Waals surface area contributed by atoms with E-state index < -0.39 is 5.91 Å². The first-order chi connectivity index (χ1) is 15.8. The monoisotopic (exact) mass is 564 g/mol. The third-order valence-electron chi connectivity index (χ3n) is 4.39. The SMILES string of the molecule is COc1cc(/C=C(\C#N)c2ccc(Br)cc2)cc(Cl)c1OCC(=O)Nc1ccc(Cl)c(Cl)c1. The minimum absolute atomic E-state index is 0.211. The molecule has 168 valence electrons. The number of benzene rings is 3. The highest BCUT2D eigenvalue weighted by molar-refractivity contribution is 9.10. The number of ether oxygens (including phenoxy) is 2. The predicted octanol–water partition coefficient (Wildman–Crippen LogP) is 7.50. The Balaban J connectivity index is 1.77. The quantitative estimate of drug-likeness (QED) is 0.238. The molecule has 3 aromatic rings. The molecule has 9 heteroatoms. The Kier molecular flexibility index (Phi) is 8.65. The molecular formula is C24H16BrCl3N2O3. The van der Waals surface area contributed by atoms with Gasteiger partial charge in [0, 0.05) is 10.2 Å². The van der Waals surface area contributed by atoms with E-state index in [0.717, 1.165) is 10.0 Å². The number of anilines is 1. The average Bonchev–Trinajstić information content (AvgIpc) is 2.79. The van der Waals surface area contributed by atoms with Crippen LogP contribution >= 0.6 is 50.7 Å². The van der Waals surface area contributed by atoms with Crippen molar-refractivity contribution in [2.75, 3.05) is 19.0 Å².